The summed E-state index contributed by atoms with van der Waals surface area (Å²) < 4.78 is 32.6. The van der Waals surface area contributed by atoms with E-state index in [0.717, 1.165) is 18.7 Å². The molecule has 1 amide bonds. The van der Waals surface area contributed by atoms with E-state index in [1.54, 1.807) is 18.2 Å². The number of fused-ring (bicyclic) bond motifs is 1. The van der Waals surface area contributed by atoms with Gasteiger partial charge in [0, 0.05) is 26.8 Å². The molecule has 1 aliphatic rings. The monoisotopic (exact) mass is 666 g/mol. The first-order valence-corrected chi connectivity index (χ1v) is 14.5. The zero-order valence-corrected chi connectivity index (χ0v) is 23.7. The van der Waals surface area contributed by atoms with Gasteiger partial charge in [-0.2, -0.15) is 0 Å². The van der Waals surface area contributed by atoms with Crippen LogP contribution in [-0.2, 0) is 25.2 Å². The third-order valence-electron chi connectivity index (χ3n) is 5.13. The number of nitrogens with zero attached hydrogens (tertiary/aromatic N) is 1. The molecule has 9 nitrogen and oxygen atoms in total. The van der Waals surface area contributed by atoms with Crippen LogP contribution in [-0.4, -0.2) is 25.2 Å². The molecule has 0 saturated heterocycles. The summed E-state index contributed by atoms with van der Waals surface area (Å²) in [5, 5.41) is 14.1. The summed E-state index contributed by atoms with van der Waals surface area (Å²) in [4.78, 5) is 35.4. The lowest BCUT2D eigenvalue weighted by Crippen LogP contribution is -2.17. The van der Waals surface area contributed by atoms with E-state index in [1.165, 1.54) is 42.5 Å². The summed E-state index contributed by atoms with van der Waals surface area (Å²) >= 11 is 7.82. The van der Waals surface area contributed by atoms with Gasteiger partial charge in [-0.05, 0) is 53.6 Å². The van der Waals surface area contributed by atoms with Gasteiger partial charge in [-0.3, -0.25) is 19.7 Å². The van der Waals surface area contributed by atoms with Crippen LogP contribution < -0.4 is 10.1 Å². The highest BCUT2D eigenvalue weighted by atomic mass is 79.9. The first kappa shape index (κ1) is 27.0. The van der Waals surface area contributed by atoms with E-state index in [4.69, 9.17) is 4.74 Å². The Kier molecular flexibility index (Phi) is 7.88. The van der Waals surface area contributed by atoms with Crippen LogP contribution >= 0.6 is 43.6 Å². The number of anilines is 1. The van der Waals surface area contributed by atoms with Gasteiger partial charge < -0.3 is 10.1 Å². The molecule has 4 rings (SSSR count). The van der Waals surface area contributed by atoms with Gasteiger partial charge in [-0.15, -0.1) is 0 Å². The second kappa shape index (κ2) is 10.8. The number of nitrogens with one attached hydrogen (secondary N) is 1. The molecule has 0 radical (unpaired) electrons. The smallest absolute Gasteiger partial charge is 0.312 e. The average Bonchev–Trinajstić information content (AvgIpc) is 2.82. The van der Waals surface area contributed by atoms with Crippen LogP contribution in [0.2, 0.25) is 0 Å². The number of esters is 1. The number of halogens is 2. The maximum absolute atomic E-state index is 13.2. The number of hydrogen-bond acceptors (Lipinski definition) is 8. The SMILES string of the molecule is CC(=O)Oc1ccc(/C=C2\Sc3cc(S(=O)(=O)Cc4c(Br)cccc4Br)ccc3NC2=O)cc1[N+](=O)[O-]. The second-order valence-electron chi connectivity index (χ2n) is 7.76. The number of thioether (sulfide) groups is 1. The molecule has 190 valence electrons. The minimum absolute atomic E-state index is 0.0817. The molecule has 3 aromatic rings. The lowest BCUT2D eigenvalue weighted by atomic mass is 10.1. The molecule has 0 aromatic heterocycles. The largest absolute Gasteiger partial charge is 0.419 e. The predicted octanol–water partition coefficient (Wildman–Crippen LogP) is 6.10. The van der Waals surface area contributed by atoms with Gasteiger partial charge >= 0.3 is 11.7 Å². The molecule has 0 aliphatic carbocycles. The number of amides is 1. The van der Waals surface area contributed by atoms with Crippen molar-refractivity contribution in [1.82, 2.24) is 0 Å². The molecular weight excluding hydrogens is 652 g/mol. The molecule has 0 spiro atoms. The summed E-state index contributed by atoms with van der Waals surface area (Å²) in [6.45, 7) is 1.13. The highest BCUT2D eigenvalue weighted by Crippen LogP contribution is 2.41. The van der Waals surface area contributed by atoms with E-state index >= 15 is 0 Å². The van der Waals surface area contributed by atoms with E-state index in [-0.39, 0.29) is 21.3 Å². The van der Waals surface area contributed by atoms with Crippen LogP contribution in [0.15, 0.2) is 78.2 Å². The second-order valence-corrected chi connectivity index (χ2v) is 12.5. The quantitative estimate of drug-likeness (QED) is 0.110. The third-order valence-corrected chi connectivity index (χ3v) is 9.34. The minimum Gasteiger partial charge on any atom is -0.419 e. The van der Waals surface area contributed by atoms with Crippen molar-refractivity contribution in [2.45, 2.75) is 22.5 Å². The van der Waals surface area contributed by atoms with Gasteiger partial charge in [-0.25, -0.2) is 8.42 Å². The Labute approximate surface area is 232 Å². The molecule has 13 heteroatoms. The first-order chi connectivity index (χ1) is 17.4. The molecule has 1 aliphatic heterocycles. The van der Waals surface area contributed by atoms with Gasteiger partial charge in [-0.1, -0.05) is 55.8 Å². The number of nitro benzene ring substituents is 1. The van der Waals surface area contributed by atoms with Crippen LogP contribution in [0.3, 0.4) is 0 Å². The van der Waals surface area contributed by atoms with Crippen molar-refractivity contribution in [1.29, 1.82) is 0 Å². The number of ether oxygens (including phenoxy) is 1. The Balaban J connectivity index is 1.65. The average molecular weight is 668 g/mol. The highest BCUT2D eigenvalue weighted by Gasteiger charge is 2.26. The Morgan fingerprint density at radius 3 is 2.49 bits per heavy atom. The molecule has 0 bridgehead atoms. The van der Waals surface area contributed by atoms with Gasteiger partial charge in [0.05, 0.1) is 26.2 Å². The highest BCUT2D eigenvalue weighted by molar-refractivity contribution is 9.11. The molecule has 0 fully saturated rings. The van der Waals surface area contributed by atoms with E-state index in [0.29, 0.717) is 30.7 Å². The van der Waals surface area contributed by atoms with Crippen molar-refractivity contribution in [3.8, 4) is 5.75 Å². The molecule has 3 aromatic carbocycles. The third kappa shape index (κ3) is 6.12. The fourth-order valence-corrected chi connectivity index (χ4v) is 7.58. The molecular formula is C24H16Br2N2O7S2. The van der Waals surface area contributed by atoms with Crippen molar-refractivity contribution in [2.24, 2.45) is 0 Å². The molecule has 0 unspecified atom stereocenters. The Bertz CT molecular complexity index is 1580. The maximum Gasteiger partial charge on any atom is 0.312 e. The lowest BCUT2D eigenvalue weighted by Gasteiger charge is -2.19. The van der Waals surface area contributed by atoms with Crippen LogP contribution in [0, 0.1) is 10.1 Å². The zero-order valence-electron chi connectivity index (χ0n) is 18.9. The van der Waals surface area contributed by atoms with E-state index < -0.39 is 32.3 Å². The van der Waals surface area contributed by atoms with Crippen molar-refractivity contribution < 1.29 is 27.7 Å². The van der Waals surface area contributed by atoms with Crippen molar-refractivity contribution in [3.63, 3.8) is 0 Å². The summed E-state index contributed by atoms with van der Waals surface area (Å²) in [6.07, 6.45) is 1.44. The van der Waals surface area contributed by atoms with Gasteiger partial charge in [0.1, 0.15) is 0 Å². The van der Waals surface area contributed by atoms with Crippen molar-refractivity contribution in [2.75, 3.05) is 5.32 Å². The summed E-state index contributed by atoms with van der Waals surface area (Å²) in [5.41, 5.74) is 0.925. The maximum atomic E-state index is 13.2. The predicted molar refractivity (Wildman–Crippen MR) is 146 cm³/mol. The van der Waals surface area contributed by atoms with Crippen LogP contribution in [0.4, 0.5) is 11.4 Å². The first-order valence-electron chi connectivity index (χ1n) is 10.4. The number of nitro groups is 1. The lowest BCUT2D eigenvalue weighted by molar-refractivity contribution is -0.385. The number of benzene rings is 3. The summed E-state index contributed by atoms with van der Waals surface area (Å²) in [6, 6.07) is 13.7. The van der Waals surface area contributed by atoms with Gasteiger partial charge in [0.15, 0.2) is 9.84 Å². The van der Waals surface area contributed by atoms with E-state index in [1.807, 2.05) is 0 Å². The number of rotatable bonds is 6. The number of hydrogen-bond donors (Lipinski definition) is 1. The Hall–Kier alpha value is -3.00. The Morgan fingerprint density at radius 2 is 1.84 bits per heavy atom. The molecule has 0 atom stereocenters. The topological polar surface area (TPSA) is 133 Å². The molecule has 37 heavy (non-hydrogen) atoms. The standard InChI is InChI=1S/C24H16Br2N2O7S2/c1-13(29)35-21-8-5-14(9-20(21)28(31)32)10-23-24(30)27-19-7-6-15(11-22(19)36-23)37(33,34)12-16-17(25)3-2-4-18(16)26/h2-11H,12H2,1H3,(H,27,30)/b23-10-. The Morgan fingerprint density at radius 1 is 1.14 bits per heavy atom. The van der Waals surface area contributed by atoms with Crippen molar-refractivity contribution in [3.05, 3.63) is 89.7 Å². The molecule has 0 saturated carbocycles. The number of sulfone groups is 1. The number of carbonyl (C=O) groups is 2. The molecule has 1 heterocycles. The van der Waals surface area contributed by atoms with Gasteiger partial charge in [0.2, 0.25) is 5.75 Å². The minimum atomic E-state index is -3.73. The van der Waals surface area contributed by atoms with Crippen LogP contribution in [0.25, 0.3) is 6.08 Å². The summed E-state index contributed by atoms with van der Waals surface area (Å²) in [7, 11) is -3.73. The fraction of sp³-hybridized carbons (Fsp3) is 0.0833. The number of carbonyl (C=O) groups excluding carboxylic acids is 2. The van der Waals surface area contributed by atoms with Crippen LogP contribution in [0.5, 0.6) is 5.75 Å². The molecule has 1 N–H and O–H groups in total. The summed E-state index contributed by atoms with van der Waals surface area (Å²) in [5.74, 6) is -1.61. The fourth-order valence-electron chi connectivity index (χ4n) is 3.43. The van der Waals surface area contributed by atoms with E-state index in [9.17, 15) is 28.1 Å². The van der Waals surface area contributed by atoms with Crippen molar-refractivity contribution >= 4 is 82.8 Å². The normalized spacial score (nSPS) is 14.1. The zero-order chi connectivity index (χ0) is 26.9. The van der Waals surface area contributed by atoms with Gasteiger partial charge in [0.25, 0.3) is 5.91 Å². The van der Waals surface area contributed by atoms with Crippen LogP contribution in [0.1, 0.15) is 18.1 Å². The van der Waals surface area contributed by atoms with E-state index in [2.05, 4.69) is 37.2 Å².